The first-order chi connectivity index (χ1) is 12.2. The molecule has 25 heavy (non-hydrogen) atoms. The molecule has 2 N–H and O–H groups in total. The van der Waals surface area contributed by atoms with Gasteiger partial charge in [-0.05, 0) is 24.3 Å². The van der Waals surface area contributed by atoms with Crippen molar-refractivity contribution in [3.8, 4) is 0 Å². The van der Waals surface area contributed by atoms with Crippen molar-refractivity contribution in [2.24, 2.45) is 0 Å². The summed E-state index contributed by atoms with van der Waals surface area (Å²) in [5.74, 6) is -0.374. The van der Waals surface area contributed by atoms with Gasteiger partial charge in [-0.1, -0.05) is 23.7 Å². The van der Waals surface area contributed by atoms with Crippen molar-refractivity contribution in [1.82, 2.24) is 15.8 Å². The molecule has 1 aliphatic heterocycles. The number of anilines is 1. The van der Waals surface area contributed by atoms with E-state index in [-0.39, 0.29) is 5.56 Å². The molecule has 0 radical (unpaired) electrons. The number of carbonyl (C=O) groups is 2. The van der Waals surface area contributed by atoms with Crippen LogP contribution in [0.4, 0.5) is 5.82 Å². The van der Waals surface area contributed by atoms with Crippen molar-refractivity contribution in [2.75, 3.05) is 31.2 Å². The van der Waals surface area contributed by atoms with Crippen LogP contribution < -0.4 is 15.8 Å². The fourth-order valence-electron chi connectivity index (χ4n) is 2.49. The third-order valence-electron chi connectivity index (χ3n) is 3.75. The van der Waals surface area contributed by atoms with Gasteiger partial charge in [-0.2, -0.15) is 0 Å². The second-order valence-corrected chi connectivity index (χ2v) is 5.77. The highest BCUT2D eigenvalue weighted by Gasteiger charge is 2.20. The van der Waals surface area contributed by atoms with Gasteiger partial charge in [-0.3, -0.25) is 20.4 Å². The van der Waals surface area contributed by atoms with Gasteiger partial charge < -0.3 is 9.64 Å². The summed E-state index contributed by atoms with van der Waals surface area (Å²) in [6.45, 7) is 2.48. The average molecular weight is 361 g/mol. The predicted octanol–water partition coefficient (Wildman–Crippen LogP) is 1.65. The van der Waals surface area contributed by atoms with Crippen LogP contribution >= 0.6 is 11.6 Å². The lowest BCUT2D eigenvalue weighted by Gasteiger charge is -2.29. The Morgan fingerprint density at radius 1 is 1.00 bits per heavy atom. The second-order valence-electron chi connectivity index (χ2n) is 5.36. The topological polar surface area (TPSA) is 83.6 Å². The highest BCUT2D eigenvalue weighted by Crippen LogP contribution is 2.18. The fourth-order valence-corrected chi connectivity index (χ4v) is 2.72. The number of hydrazine groups is 1. The molecule has 130 valence electrons. The molecule has 0 saturated carbocycles. The SMILES string of the molecule is O=C(NNC(=O)c1cccnc1N1CCOCC1)c1ccccc1Cl. The second kappa shape index (κ2) is 7.96. The van der Waals surface area contributed by atoms with Crippen molar-refractivity contribution in [3.05, 3.63) is 58.7 Å². The molecule has 2 amide bonds. The van der Waals surface area contributed by atoms with E-state index >= 15 is 0 Å². The first-order valence-corrected chi connectivity index (χ1v) is 8.17. The lowest BCUT2D eigenvalue weighted by atomic mass is 10.2. The van der Waals surface area contributed by atoms with Gasteiger partial charge in [0.1, 0.15) is 5.82 Å². The minimum absolute atomic E-state index is 0.282. The van der Waals surface area contributed by atoms with E-state index < -0.39 is 11.8 Å². The zero-order valence-electron chi connectivity index (χ0n) is 13.4. The first-order valence-electron chi connectivity index (χ1n) is 7.80. The Morgan fingerprint density at radius 3 is 2.36 bits per heavy atom. The summed E-state index contributed by atoms with van der Waals surface area (Å²) in [5.41, 5.74) is 5.44. The van der Waals surface area contributed by atoms with Crippen LogP contribution in [-0.2, 0) is 4.74 Å². The number of carbonyl (C=O) groups excluding carboxylic acids is 2. The van der Waals surface area contributed by atoms with E-state index in [2.05, 4.69) is 15.8 Å². The number of nitrogens with one attached hydrogen (secondary N) is 2. The van der Waals surface area contributed by atoms with E-state index in [1.807, 2.05) is 4.90 Å². The van der Waals surface area contributed by atoms with Gasteiger partial charge in [0.05, 0.1) is 29.4 Å². The standard InChI is InChI=1S/C17H17ClN4O3/c18-14-6-2-1-4-12(14)16(23)20-21-17(24)13-5-3-7-19-15(13)22-8-10-25-11-9-22/h1-7H,8-11H2,(H,20,23)(H,21,24). The highest BCUT2D eigenvalue weighted by molar-refractivity contribution is 6.33. The molecule has 2 aromatic rings. The van der Waals surface area contributed by atoms with E-state index in [4.69, 9.17) is 16.3 Å². The highest BCUT2D eigenvalue weighted by atomic mass is 35.5. The summed E-state index contributed by atoms with van der Waals surface area (Å²) in [7, 11) is 0. The molecule has 0 bridgehead atoms. The summed E-state index contributed by atoms with van der Waals surface area (Å²) in [5, 5.41) is 0.310. The molecule has 1 aromatic carbocycles. The van der Waals surface area contributed by atoms with Crippen molar-refractivity contribution >= 4 is 29.2 Å². The Hall–Kier alpha value is -2.64. The van der Waals surface area contributed by atoms with E-state index in [9.17, 15) is 9.59 Å². The van der Waals surface area contributed by atoms with Crippen molar-refractivity contribution in [2.45, 2.75) is 0 Å². The number of aromatic nitrogens is 1. The fraction of sp³-hybridized carbons (Fsp3) is 0.235. The summed E-state index contributed by atoms with van der Waals surface area (Å²) < 4.78 is 5.32. The number of pyridine rings is 1. The number of morpholine rings is 1. The molecular weight excluding hydrogens is 344 g/mol. The third-order valence-corrected chi connectivity index (χ3v) is 4.08. The summed E-state index contributed by atoms with van der Waals surface area (Å²) >= 11 is 5.98. The average Bonchev–Trinajstić information content (AvgIpc) is 2.67. The van der Waals surface area contributed by atoms with Crippen LogP contribution in [0.2, 0.25) is 5.02 Å². The number of hydrogen-bond donors (Lipinski definition) is 2. The molecule has 1 aromatic heterocycles. The molecule has 1 fully saturated rings. The van der Waals surface area contributed by atoms with Crippen LogP contribution in [0.15, 0.2) is 42.6 Å². The van der Waals surface area contributed by atoms with Crippen LogP contribution in [0.5, 0.6) is 0 Å². The third kappa shape index (κ3) is 4.07. The van der Waals surface area contributed by atoms with E-state index in [1.165, 1.54) is 0 Å². The van der Waals surface area contributed by atoms with Crippen molar-refractivity contribution < 1.29 is 14.3 Å². The van der Waals surface area contributed by atoms with Crippen LogP contribution in [0.3, 0.4) is 0 Å². The maximum atomic E-state index is 12.5. The number of benzene rings is 1. The molecule has 7 nitrogen and oxygen atoms in total. The Morgan fingerprint density at radius 2 is 1.64 bits per heavy atom. The minimum Gasteiger partial charge on any atom is -0.378 e. The van der Waals surface area contributed by atoms with Crippen molar-refractivity contribution in [3.63, 3.8) is 0 Å². The molecule has 2 heterocycles. The normalized spacial score (nSPS) is 14.0. The molecule has 3 rings (SSSR count). The Kier molecular flexibility index (Phi) is 5.47. The van der Waals surface area contributed by atoms with Gasteiger partial charge in [0.2, 0.25) is 0 Å². The Balaban J connectivity index is 1.69. The largest absolute Gasteiger partial charge is 0.378 e. The van der Waals surface area contributed by atoms with Gasteiger partial charge >= 0.3 is 0 Å². The first kappa shape index (κ1) is 17.2. The lowest BCUT2D eigenvalue weighted by molar-refractivity contribution is 0.0846. The minimum atomic E-state index is -0.490. The van der Waals surface area contributed by atoms with E-state index in [0.717, 1.165) is 0 Å². The molecule has 1 saturated heterocycles. The number of hydrogen-bond acceptors (Lipinski definition) is 5. The monoisotopic (exact) mass is 360 g/mol. The number of halogens is 1. The van der Waals surface area contributed by atoms with Gasteiger partial charge in [0.15, 0.2) is 0 Å². The van der Waals surface area contributed by atoms with E-state index in [1.54, 1.807) is 42.6 Å². The number of ether oxygens (including phenoxy) is 1. The van der Waals surface area contributed by atoms with Crippen LogP contribution in [0, 0.1) is 0 Å². The summed E-state index contributed by atoms with van der Waals surface area (Å²) in [6, 6.07) is 9.94. The van der Waals surface area contributed by atoms with Crippen LogP contribution in [-0.4, -0.2) is 43.1 Å². The maximum absolute atomic E-state index is 12.5. The quantitative estimate of drug-likeness (QED) is 0.813. The lowest BCUT2D eigenvalue weighted by Crippen LogP contribution is -2.43. The Labute approximate surface area is 149 Å². The van der Waals surface area contributed by atoms with Crippen LogP contribution in [0.25, 0.3) is 0 Å². The molecule has 1 aliphatic rings. The Bertz CT molecular complexity index is 778. The van der Waals surface area contributed by atoms with Gasteiger partial charge in [-0.25, -0.2) is 4.98 Å². The summed E-state index contributed by atoms with van der Waals surface area (Å²) in [4.78, 5) is 30.9. The number of rotatable bonds is 3. The van der Waals surface area contributed by atoms with Gasteiger partial charge in [0.25, 0.3) is 11.8 Å². The van der Waals surface area contributed by atoms with Crippen molar-refractivity contribution in [1.29, 1.82) is 0 Å². The van der Waals surface area contributed by atoms with Gasteiger partial charge in [-0.15, -0.1) is 0 Å². The van der Waals surface area contributed by atoms with E-state index in [0.29, 0.717) is 42.7 Å². The molecule has 0 atom stereocenters. The zero-order chi connectivity index (χ0) is 17.6. The number of amides is 2. The van der Waals surface area contributed by atoms with Crippen LogP contribution in [0.1, 0.15) is 20.7 Å². The maximum Gasteiger partial charge on any atom is 0.273 e. The molecule has 0 spiro atoms. The smallest absolute Gasteiger partial charge is 0.273 e. The number of nitrogens with zero attached hydrogens (tertiary/aromatic N) is 2. The van der Waals surface area contributed by atoms with Gasteiger partial charge in [0, 0.05) is 19.3 Å². The molecular formula is C17H17ClN4O3. The zero-order valence-corrected chi connectivity index (χ0v) is 14.1. The molecule has 0 aliphatic carbocycles. The molecule has 0 unspecified atom stereocenters. The summed E-state index contributed by atoms with van der Waals surface area (Å²) in [6.07, 6.45) is 1.63. The predicted molar refractivity (Wildman–Crippen MR) is 93.7 cm³/mol. The molecule has 8 heteroatoms.